The third-order valence-corrected chi connectivity index (χ3v) is 3.36. The Hall–Kier alpha value is -1.27. The molecule has 2 heterocycles. The molecule has 0 aliphatic carbocycles. The molecule has 2 aromatic rings. The summed E-state index contributed by atoms with van der Waals surface area (Å²) in [6, 6.07) is 3.71. The van der Waals surface area contributed by atoms with Crippen molar-refractivity contribution in [1.29, 1.82) is 0 Å². The normalized spacial score (nSPS) is 10.9. The molecule has 1 N–H and O–H groups in total. The van der Waals surface area contributed by atoms with Gasteiger partial charge in [-0.05, 0) is 25.5 Å². The molecular weight excluding hydrogens is 238 g/mol. The van der Waals surface area contributed by atoms with Gasteiger partial charge in [-0.3, -0.25) is 4.57 Å². The zero-order chi connectivity index (χ0) is 12.1. The first-order valence-corrected chi connectivity index (χ1v) is 6.56. The van der Waals surface area contributed by atoms with E-state index in [1.165, 1.54) is 0 Å². The van der Waals surface area contributed by atoms with E-state index in [1.54, 1.807) is 18.0 Å². The van der Waals surface area contributed by atoms with Gasteiger partial charge in [0.15, 0.2) is 16.7 Å². The number of hydrogen-bond donors (Lipinski definition) is 1. The molecule has 2 rings (SSSR count). The van der Waals surface area contributed by atoms with Gasteiger partial charge >= 0.3 is 0 Å². The minimum Gasteiger partial charge on any atom is -0.461 e. The van der Waals surface area contributed by atoms with Crippen molar-refractivity contribution < 1.29 is 9.52 Å². The van der Waals surface area contributed by atoms with Crippen LogP contribution in [0.3, 0.4) is 0 Å². The second-order valence-electron chi connectivity index (χ2n) is 3.45. The number of aromatic nitrogens is 3. The highest BCUT2D eigenvalue weighted by atomic mass is 32.2. The lowest BCUT2D eigenvalue weighted by molar-refractivity contribution is 0.296. The van der Waals surface area contributed by atoms with Crippen molar-refractivity contribution in [3.63, 3.8) is 0 Å². The highest BCUT2D eigenvalue weighted by Gasteiger charge is 2.14. The highest BCUT2D eigenvalue weighted by Crippen LogP contribution is 2.24. The van der Waals surface area contributed by atoms with E-state index in [9.17, 15) is 0 Å². The van der Waals surface area contributed by atoms with Crippen LogP contribution in [0.25, 0.3) is 11.6 Å². The summed E-state index contributed by atoms with van der Waals surface area (Å²) in [4.78, 5) is 0. The molecule has 0 aliphatic rings. The van der Waals surface area contributed by atoms with Crippen molar-refractivity contribution >= 4 is 11.8 Å². The van der Waals surface area contributed by atoms with Crippen molar-refractivity contribution in [3.8, 4) is 11.6 Å². The Balaban J connectivity index is 2.18. The summed E-state index contributed by atoms with van der Waals surface area (Å²) in [7, 11) is 0. The van der Waals surface area contributed by atoms with E-state index in [1.807, 2.05) is 23.6 Å². The van der Waals surface area contributed by atoms with Gasteiger partial charge in [-0.1, -0.05) is 11.8 Å². The van der Waals surface area contributed by atoms with Gasteiger partial charge in [0.05, 0.1) is 6.26 Å². The minimum atomic E-state index is 0.207. The van der Waals surface area contributed by atoms with Crippen LogP contribution in [0.5, 0.6) is 0 Å². The summed E-state index contributed by atoms with van der Waals surface area (Å²) >= 11 is 1.60. The molecule has 17 heavy (non-hydrogen) atoms. The lowest BCUT2D eigenvalue weighted by Gasteiger charge is -2.04. The molecule has 0 unspecified atom stereocenters. The Morgan fingerprint density at radius 3 is 3.00 bits per heavy atom. The largest absolute Gasteiger partial charge is 0.461 e. The topological polar surface area (TPSA) is 64.1 Å². The monoisotopic (exact) mass is 253 g/mol. The first-order chi connectivity index (χ1) is 8.36. The second-order valence-corrected chi connectivity index (χ2v) is 4.52. The van der Waals surface area contributed by atoms with Crippen molar-refractivity contribution in [1.82, 2.24) is 14.8 Å². The number of furan rings is 1. The van der Waals surface area contributed by atoms with E-state index < -0.39 is 0 Å². The molecule has 0 aromatic carbocycles. The van der Waals surface area contributed by atoms with Crippen LogP contribution in [0, 0.1) is 0 Å². The maximum Gasteiger partial charge on any atom is 0.200 e. The molecule has 0 saturated carbocycles. The average molecular weight is 253 g/mol. The van der Waals surface area contributed by atoms with Gasteiger partial charge in [-0.15, -0.1) is 10.2 Å². The standard InChI is InChI=1S/C11H15N3O2S/c1-2-14-10(9-5-3-7-16-9)12-13-11(14)17-8-4-6-15/h3,5,7,15H,2,4,6,8H2,1H3. The summed E-state index contributed by atoms with van der Waals surface area (Å²) in [5.41, 5.74) is 0. The summed E-state index contributed by atoms with van der Waals surface area (Å²) < 4.78 is 7.34. The molecule has 92 valence electrons. The number of aliphatic hydroxyl groups excluding tert-OH is 1. The molecule has 6 heteroatoms. The van der Waals surface area contributed by atoms with Gasteiger partial charge < -0.3 is 9.52 Å². The van der Waals surface area contributed by atoms with Crippen molar-refractivity contribution in [2.24, 2.45) is 0 Å². The summed E-state index contributed by atoms with van der Waals surface area (Å²) in [6.07, 6.45) is 2.39. The van der Waals surface area contributed by atoms with Crippen LogP contribution in [0.1, 0.15) is 13.3 Å². The van der Waals surface area contributed by atoms with E-state index in [-0.39, 0.29) is 6.61 Å². The molecule has 0 fully saturated rings. The zero-order valence-electron chi connectivity index (χ0n) is 9.67. The number of aliphatic hydroxyl groups is 1. The molecule has 0 atom stereocenters. The fourth-order valence-electron chi connectivity index (χ4n) is 1.50. The maximum absolute atomic E-state index is 8.76. The van der Waals surface area contributed by atoms with Gasteiger partial charge in [0.2, 0.25) is 0 Å². The van der Waals surface area contributed by atoms with Crippen LogP contribution in [0.4, 0.5) is 0 Å². The molecule has 2 aromatic heterocycles. The van der Waals surface area contributed by atoms with Gasteiger partial charge in [0, 0.05) is 18.9 Å². The summed E-state index contributed by atoms with van der Waals surface area (Å²) in [5, 5.41) is 17.9. The smallest absolute Gasteiger partial charge is 0.200 e. The van der Waals surface area contributed by atoms with Crippen molar-refractivity contribution in [2.45, 2.75) is 25.0 Å². The van der Waals surface area contributed by atoms with E-state index in [4.69, 9.17) is 9.52 Å². The molecule has 0 saturated heterocycles. The quantitative estimate of drug-likeness (QED) is 0.630. The lowest BCUT2D eigenvalue weighted by Crippen LogP contribution is -1.99. The van der Waals surface area contributed by atoms with Crippen LogP contribution in [-0.2, 0) is 6.54 Å². The first kappa shape index (κ1) is 12.2. The molecular formula is C11H15N3O2S. The second kappa shape index (κ2) is 5.88. The Bertz CT molecular complexity index is 453. The van der Waals surface area contributed by atoms with Crippen LogP contribution in [-0.4, -0.2) is 32.2 Å². The lowest BCUT2D eigenvalue weighted by atomic mass is 10.4. The Labute approximate surface area is 104 Å². The van der Waals surface area contributed by atoms with Gasteiger partial charge in [-0.25, -0.2) is 0 Å². The Morgan fingerprint density at radius 1 is 1.47 bits per heavy atom. The maximum atomic E-state index is 8.76. The van der Waals surface area contributed by atoms with Crippen molar-refractivity contribution in [2.75, 3.05) is 12.4 Å². The molecule has 0 aliphatic heterocycles. The van der Waals surface area contributed by atoms with Gasteiger partial charge in [0.1, 0.15) is 0 Å². The SMILES string of the molecule is CCn1c(SCCCO)nnc1-c1ccco1. The third kappa shape index (κ3) is 2.70. The van der Waals surface area contributed by atoms with Gasteiger partial charge in [0.25, 0.3) is 0 Å². The van der Waals surface area contributed by atoms with Crippen LogP contribution in [0.15, 0.2) is 28.0 Å². The number of nitrogens with zero attached hydrogens (tertiary/aromatic N) is 3. The average Bonchev–Trinajstić information content (AvgIpc) is 2.97. The van der Waals surface area contributed by atoms with E-state index >= 15 is 0 Å². The Kier molecular flexibility index (Phi) is 4.22. The number of rotatable bonds is 6. The summed E-state index contributed by atoms with van der Waals surface area (Å²) in [6.45, 7) is 3.05. The molecule has 5 nitrogen and oxygen atoms in total. The zero-order valence-corrected chi connectivity index (χ0v) is 10.5. The first-order valence-electron chi connectivity index (χ1n) is 5.57. The van der Waals surface area contributed by atoms with Crippen LogP contribution >= 0.6 is 11.8 Å². The summed E-state index contributed by atoms with van der Waals surface area (Å²) in [5.74, 6) is 2.32. The predicted molar refractivity (Wildman–Crippen MR) is 65.8 cm³/mol. The van der Waals surface area contributed by atoms with E-state index in [0.29, 0.717) is 0 Å². The predicted octanol–water partition coefficient (Wildman–Crippen LogP) is 2.03. The van der Waals surface area contributed by atoms with E-state index in [0.717, 1.165) is 35.5 Å². The molecule has 0 radical (unpaired) electrons. The Morgan fingerprint density at radius 2 is 2.35 bits per heavy atom. The number of thioether (sulfide) groups is 1. The van der Waals surface area contributed by atoms with Crippen LogP contribution < -0.4 is 0 Å². The fraction of sp³-hybridized carbons (Fsp3) is 0.455. The highest BCUT2D eigenvalue weighted by molar-refractivity contribution is 7.99. The van der Waals surface area contributed by atoms with E-state index in [2.05, 4.69) is 10.2 Å². The van der Waals surface area contributed by atoms with Crippen LogP contribution in [0.2, 0.25) is 0 Å². The molecule has 0 bridgehead atoms. The van der Waals surface area contributed by atoms with Crippen molar-refractivity contribution in [3.05, 3.63) is 18.4 Å². The molecule has 0 spiro atoms. The third-order valence-electron chi connectivity index (χ3n) is 2.31. The number of hydrogen-bond acceptors (Lipinski definition) is 5. The molecule has 0 amide bonds. The minimum absolute atomic E-state index is 0.207. The fourth-order valence-corrected chi connectivity index (χ4v) is 2.42. The van der Waals surface area contributed by atoms with Gasteiger partial charge in [-0.2, -0.15) is 0 Å².